The van der Waals surface area contributed by atoms with E-state index < -0.39 is 0 Å². The molecule has 0 saturated carbocycles. The number of tetrazole rings is 1. The number of H-pyrrole nitrogens is 1. The predicted molar refractivity (Wildman–Crippen MR) is 145 cm³/mol. The number of pyridine rings is 1. The van der Waals surface area contributed by atoms with Crippen LogP contribution in [0.15, 0.2) is 47.3 Å². The number of ether oxygens (including phenoxy) is 1. The number of aryl methyl sites for hydroxylation is 2. The van der Waals surface area contributed by atoms with Crippen LogP contribution in [0, 0.1) is 13.8 Å². The molecule has 0 radical (unpaired) electrons. The van der Waals surface area contributed by atoms with Gasteiger partial charge in [0.15, 0.2) is 5.82 Å². The Balaban J connectivity index is 1.55. The third kappa shape index (κ3) is 4.71. The molecule has 1 unspecified atom stereocenters. The molecule has 37 heavy (non-hydrogen) atoms. The van der Waals surface area contributed by atoms with Crippen molar-refractivity contribution in [1.29, 1.82) is 0 Å². The molecule has 1 atom stereocenters. The third-order valence-corrected chi connectivity index (χ3v) is 7.26. The van der Waals surface area contributed by atoms with Crippen molar-refractivity contribution in [3.8, 4) is 5.75 Å². The number of hydrogen-bond donors (Lipinski definition) is 1. The zero-order chi connectivity index (χ0) is 26.3. The van der Waals surface area contributed by atoms with Crippen molar-refractivity contribution >= 4 is 16.6 Å². The third-order valence-electron chi connectivity index (χ3n) is 7.26. The topological polar surface area (TPSA) is 92.2 Å². The summed E-state index contributed by atoms with van der Waals surface area (Å²) in [4.78, 5) is 21.5. The van der Waals surface area contributed by atoms with Crippen LogP contribution < -0.4 is 15.2 Å². The quantitative estimate of drug-likeness (QED) is 0.445. The molecule has 3 heterocycles. The van der Waals surface area contributed by atoms with Gasteiger partial charge in [0, 0.05) is 42.8 Å². The van der Waals surface area contributed by atoms with Gasteiger partial charge in [-0.25, -0.2) is 4.68 Å². The van der Waals surface area contributed by atoms with Crippen molar-refractivity contribution in [2.45, 2.75) is 46.2 Å². The number of anilines is 1. The maximum Gasteiger partial charge on any atom is 0.253 e. The predicted octanol–water partition coefficient (Wildman–Crippen LogP) is 3.81. The van der Waals surface area contributed by atoms with Gasteiger partial charge in [0.2, 0.25) is 0 Å². The molecule has 1 aliphatic heterocycles. The Kier molecular flexibility index (Phi) is 6.49. The molecule has 1 N–H and O–H groups in total. The van der Waals surface area contributed by atoms with Crippen molar-refractivity contribution < 1.29 is 4.74 Å². The van der Waals surface area contributed by atoms with Gasteiger partial charge in [0.05, 0.1) is 18.2 Å². The maximum absolute atomic E-state index is 13.6. The maximum atomic E-state index is 13.6. The second-order valence-corrected chi connectivity index (χ2v) is 10.8. The summed E-state index contributed by atoms with van der Waals surface area (Å²) in [6.07, 6.45) is 0. The molecule has 9 heteroatoms. The van der Waals surface area contributed by atoms with Crippen molar-refractivity contribution in [2.24, 2.45) is 0 Å². The lowest BCUT2D eigenvalue weighted by Crippen LogP contribution is -2.49. The largest absolute Gasteiger partial charge is 0.497 e. The van der Waals surface area contributed by atoms with E-state index in [9.17, 15) is 4.79 Å². The monoisotopic (exact) mass is 501 g/mol. The van der Waals surface area contributed by atoms with Crippen LogP contribution in [-0.2, 0) is 5.54 Å². The Morgan fingerprint density at radius 1 is 0.973 bits per heavy atom. The van der Waals surface area contributed by atoms with Crippen molar-refractivity contribution in [2.75, 3.05) is 38.2 Å². The van der Waals surface area contributed by atoms with Crippen LogP contribution in [0.4, 0.5) is 5.69 Å². The second kappa shape index (κ2) is 9.63. The van der Waals surface area contributed by atoms with E-state index in [2.05, 4.69) is 76.2 Å². The molecular weight excluding hydrogens is 466 g/mol. The number of nitrogens with one attached hydrogen (secondary N) is 1. The first kappa shape index (κ1) is 25.0. The number of methoxy groups -OCH3 is 1. The average molecular weight is 502 g/mol. The van der Waals surface area contributed by atoms with Gasteiger partial charge >= 0.3 is 0 Å². The Morgan fingerprint density at radius 2 is 1.65 bits per heavy atom. The van der Waals surface area contributed by atoms with E-state index >= 15 is 0 Å². The molecule has 9 nitrogen and oxygen atoms in total. The smallest absolute Gasteiger partial charge is 0.253 e. The minimum atomic E-state index is -0.375. The molecule has 0 bridgehead atoms. The van der Waals surface area contributed by atoms with Crippen LogP contribution in [0.3, 0.4) is 0 Å². The van der Waals surface area contributed by atoms with Gasteiger partial charge in [-0.2, -0.15) is 0 Å². The number of aromatic nitrogens is 5. The highest BCUT2D eigenvalue weighted by Crippen LogP contribution is 2.32. The van der Waals surface area contributed by atoms with Crippen molar-refractivity contribution in [1.82, 2.24) is 30.1 Å². The molecule has 0 amide bonds. The Morgan fingerprint density at radius 3 is 2.30 bits per heavy atom. The van der Waals surface area contributed by atoms with Gasteiger partial charge in [-0.3, -0.25) is 9.69 Å². The lowest BCUT2D eigenvalue weighted by atomic mass is 9.98. The normalized spacial score (nSPS) is 15.8. The summed E-state index contributed by atoms with van der Waals surface area (Å²) in [7, 11) is 1.68. The van der Waals surface area contributed by atoms with Gasteiger partial charge in [-0.1, -0.05) is 12.1 Å². The number of rotatable bonds is 5. The molecule has 4 aromatic rings. The van der Waals surface area contributed by atoms with Gasteiger partial charge in [0.1, 0.15) is 11.8 Å². The first-order chi connectivity index (χ1) is 17.7. The van der Waals surface area contributed by atoms with Crippen LogP contribution >= 0.6 is 0 Å². The number of hydrogen-bond acceptors (Lipinski definition) is 7. The van der Waals surface area contributed by atoms with Crippen molar-refractivity contribution in [3.05, 3.63) is 75.3 Å². The fraction of sp³-hybridized carbons (Fsp3) is 0.429. The van der Waals surface area contributed by atoms with E-state index in [-0.39, 0.29) is 17.1 Å². The Hall–Kier alpha value is -3.72. The fourth-order valence-corrected chi connectivity index (χ4v) is 5.17. The zero-order valence-corrected chi connectivity index (χ0v) is 22.4. The standard InChI is InChI=1S/C28H35N7O2/c1-18-7-8-19(2)24-22(18)17-23(27(36)29-24)25(26-30-31-32-35(26)28(3,4)5)34-15-13-33(14-16-34)20-9-11-21(37-6)12-10-20/h7-12,17,25H,13-16H2,1-6H3,(H,29,36). The molecule has 1 fully saturated rings. The number of nitrogens with zero attached hydrogens (tertiary/aromatic N) is 6. The minimum Gasteiger partial charge on any atom is -0.497 e. The van der Waals surface area contributed by atoms with Crippen LogP contribution in [0.1, 0.15) is 49.3 Å². The number of piperazine rings is 1. The lowest BCUT2D eigenvalue weighted by molar-refractivity contribution is 0.190. The molecule has 1 saturated heterocycles. The summed E-state index contributed by atoms with van der Waals surface area (Å²) in [6.45, 7) is 13.5. The second-order valence-electron chi connectivity index (χ2n) is 10.8. The molecule has 2 aromatic carbocycles. The van der Waals surface area contributed by atoms with Crippen LogP contribution in [0.2, 0.25) is 0 Å². The summed E-state index contributed by atoms with van der Waals surface area (Å²) in [6, 6.07) is 14.0. The highest BCUT2D eigenvalue weighted by molar-refractivity contribution is 5.85. The van der Waals surface area contributed by atoms with E-state index in [4.69, 9.17) is 4.74 Å². The first-order valence-electron chi connectivity index (χ1n) is 12.7. The number of fused-ring (bicyclic) bond motifs is 1. The van der Waals surface area contributed by atoms with E-state index in [1.165, 1.54) is 0 Å². The van der Waals surface area contributed by atoms with Gasteiger partial charge in [-0.15, -0.1) is 5.10 Å². The summed E-state index contributed by atoms with van der Waals surface area (Å²) in [5.41, 5.74) is 4.44. The van der Waals surface area contributed by atoms with E-state index in [0.717, 1.165) is 59.6 Å². The number of aromatic amines is 1. The van der Waals surface area contributed by atoms with Gasteiger partial charge in [0.25, 0.3) is 5.56 Å². The highest BCUT2D eigenvalue weighted by Gasteiger charge is 2.35. The van der Waals surface area contributed by atoms with Crippen LogP contribution in [0.5, 0.6) is 5.75 Å². The summed E-state index contributed by atoms with van der Waals surface area (Å²) < 4.78 is 7.16. The fourth-order valence-electron chi connectivity index (χ4n) is 5.17. The lowest BCUT2D eigenvalue weighted by Gasteiger charge is -2.40. The molecule has 2 aromatic heterocycles. The van der Waals surface area contributed by atoms with E-state index in [1.807, 2.05) is 35.9 Å². The van der Waals surface area contributed by atoms with E-state index in [1.54, 1.807) is 7.11 Å². The summed E-state index contributed by atoms with van der Waals surface area (Å²) in [5.74, 6) is 1.53. The zero-order valence-electron chi connectivity index (χ0n) is 22.4. The van der Waals surface area contributed by atoms with E-state index in [0.29, 0.717) is 11.4 Å². The minimum absolute atomic E-state index is 0.104. The molecule has 1 aliphatic rings. The summed E-state index contributed by atoms with van der Waals surface area (Å²) >= 11 is 0. The molecular formula is C28H35N7O2. The van der Waals surface area contributed by atoms with Crippen molar-refractivity contribution in [3.63, 3.8) is 0 Å². The average Bonchev–Trinajstić information content (AvgIpc) is 3.38. The summed E-state index contributed by atoms with van der Waals surface area (Å²) in [5, 5.41) is 13.9. The molecule has 0 spiro atoms. The molecule has 194 valence electrons. The number of benzene rings is 2. The first-order valence-corrected chi connectivity index (χ1v) is 12.7. The van der Waals surface area contributed by atoms with Crippen LogP contribution in [0.25, 0.3) is 10.9 Å². The van der Waals surface area contributed by atoms with Crippen LogP contribution in [-0.4, -0.2) is 63.4 Å². The molecule has 5 rings (SSSR count). The Labute approximate surface area is 217 Å². The Bertz CT molecular complexity index is 1460. The SMILES string of the molecule is COc1ccc(N2CCN(C(c3cc4c(C)ccc(C)c4[nH]c3=O)c3nnnn3C(C)(C)C)CC2)cc1. The molecule has 0 aliphatic carbocycles. The highest BCUT2D eigenvalue weighted by atomic mass is 16.5. The van der Waals surface area contributed by atoms with Gasteiger partial charge < -0.3 is 14.6 Å². The van der Waals surface area contributed by atoms with Gasteiger partial charge in [-0.05, 0) is 86.5 Å².